The predicted octanol–water partition coefficient (Wildman–Crippen LogP) is 0.406. The molecular formula is C20H31N7O2. The molecule has 1 aliphatic rings. The Morgan fingerprint density at radius 3 is 2.79 bits per heavy atom. The van der Waals surface area contributed by atoms with Crippen molar-refractivity contribution in [3.8, 4) is 5.82 Å². The highest BCUT2D eigenvalue weighted by Gasteiger charge is 2.25. The first-order chi connectivity index (χ1) is 14.1. The van der Waals surface area contributed by atoms with Crippen molar-refractivity contribution in [2.75, 3.05) is 45.9 Å². The van der Waals surface area contributed by atoms with E-state index in [0.29, 0.717) is 25.6 Å². The van der Waals surface area contributed by atoms with Gasteiger partial charge in [-0.25, -0.2) is 15.0 Å². The molecule has 0 aromatic carbocycles. The summed E-state index contributed by atoms with van der Waals surface area (Å²) in [6.45, 7) is 9.27. The number of hydrogen-bond donors (Lipinski definition) is 3. The number of ether oxygens (including phenoxy) is 1. The Bertz CT molecular complexity index is 754. The predicted molar refractivity (Wildman–Crippen MR) is 112 cm³/mol. The number of nitrogens with one attached hydrogen (secondary N) is 2. The second-order valence-corrected chi connectivity index (χ2v) is 7.43. The van der Waals surface area contributed by atoms with Crippen molar-refractivity contribution in [2.24, 2.45) is 4.99 Å². The van der Waals surface area contributed by atoms with Crippen LogP contribution in [-0.2, 0) is 11.3 Å². The Morgan fingerprint density at radius 1 is 1.31 bits per heavy atom. The van der Waals surface area contributed by atoms with Crippen LogP contribution < -0.4 is 10.6 Å². The third-order valence-corrected chi connectivity index (χ3v) is 4.65. The van der Waals surface area contributed by atoms with Crippen LogP contribution in [0.5, 0.6) is 0 Å². The molecule has 3 N–H and O–H groups in total. The van der Waals surface area contributed by atoms with Gasteiger partial charge in [0.1, 0.15) is 12.1 Å². The molecule has 2 aromatic rings. The molecule has 3 heterocycles. The second-order valence-electron chi connectivity index (χ2n) is 7.43. The number of pyridine rings is 1. The summed E-state index contributed by atoms with van der Waals surface area (Å²) in [7, 11) is 0. The number of guanidine groups is 1. The Kier molecular flexibility index (Phi) is 7.56. The average molecular weight is 402 g/mol. The summed E-state index contributed by atoms with van der Waals surface area (Å²) < 4.78 is 7.23. The minimum atomic E-state index is -0.860. The number of aliphatic hydroxyl groups is 1. The minimum absolute atomic E-state index is 0.411. The number of morpholine rings is 1. The van der Waals surface area contributed by atoms with Crippen LogP contribution in [0.4, 0.5) is 0 Å². The lowest BCUT2D eigenvalue weighted by Gasteiger charge is -2.34. The van der Waals surface area contributed by atoms with E-state index in [0.717, 1.165) is 44.2 Å². The van der Waals surface area contributed by atoms with Crippen molar-refractivity contribution in [2.45, 2.75) is 26.0 Å². The SMILES string of the molecule is CCNC(=NCc1ccc(-n2ccnc2)nc1)NCC(C)(O)CN1CCOCC1. The monoisotopic (exact) mass is 401 g/mol. The zero-order valence-corrected chi connectivity index (χ0v) is 17.2. The van der Waals surface area contributed by atoms with E-state index in [2.05, 4.69) is 30.5 Å². The van der Waals surface area contributed by atoms with Gasteiger partial charge in [-0.05, 0) is 25.5 Å². The zero-order valence-electron chi connectivity index (χ0n) is 17.2. The summed E-state index contributed by atoms with van der Waals surface area (Å²) in [6, 6.07) is 3.95. The number of nitrogens with zero attached hydrogens (tertiary/aromatic N) is 5. The summed E-state index contributed by atoms with van der Waals surface area (Å²) in [4.78, 5) is 15.3. The normalized spacial score (nSPS) is 17.7. The highest BCUT2D eigenvalue weighted by atomic mass is 16.5. The molecule has 29 heavy (non-hydrogen) atoms. The average Bonchev–Trinajstić information content (AvgIpc) is 3.26. The third-order valence-electron chi connectivity index (χ3n) is 4.65. The van der Waals surface area contributed by atoms with Crippen LogP contribution >= 0.6 is 0 Å². The first-order valence-electron chi connectivity index (χ1n) is 10.0. The van der Waals surface area contributed by atoms with E-state index in [1.54, 1.807) is 12.5 Å². The molecule has 1 saturated heterocycles. The lowest BCUT2D eigenvalue weighted by atomic mass is 10.1. The van der Waals surface area contributed by atoms with Gasteiger partial charge in [-0.15, -0.1) is 0 Å². The fourth-order valence-electron chi connectivity index (χ4n) is 3.14. The number of β-amino-alcohol motifs (C(OH)–C–C–N with tert-alkyl or cyclic N) is 1. The summed E-state index contributed by atoms with van der Waals surface area (Å²) in [6.07, 6.45) is 7.12. The first kappa shape index (κ1) is 21.2. The van der Waals surface area contributed by atoms with Crippen LogP contribution in [0.1, 0.15) is 19.4 Å². The van der Waals surface area contributed by atoms with Gasteiger partial charge in [0.2, 0.25) is 0 Å². The topological polar surface area (TPSA) is 99.8 Å². The number of rotatable bonds is 8. The molecule has 9 heteroatoms. The van der Waals surface area contributed by atoms with Gasteiger partial charge in [-0.1, -0.05) is 6.07 Å². The molecule has 0 radical (unpaired) electrons. The van der Waals surface area contributed by atoms with E-state index in [-0.39, 0.29) is 0 Å². The summed E-state index contributed by atoms with van der Waals surface area (Å²) >= 11 is 0. The van der Waals surface area contributed by atoms with Crippen molar-refractivity contribution >= 4 is 5.96 Å². The molecule has 0 bridgehead atoms. The van der Waals surface area contributed by atoms with Crippen LogP contribution in [0.15, 0.2) is 42.0 Å². The number of hydrogen-bond acceptors (Lipinski definition) is 6. The van der Waals surface area contributed by atoms with E-state index in [1.165, 1.54) is 0 Å². The third kappa shape index (κ3) is 6.81. The number of imidazole rings is 1. The first-order valence-corrected chi connectivity index (χ1v) is 10.0. The zero-order chi connectivity index (χ0) is 20.5. The van der Waals surface area contributed by atoms with E-state index >= 15 is 0 Å². The lowest BCUT2D eigenvalue weighted by molar-refractivity contribution is -0.0201. The molecule has 9 nitrogen and oxygen atoms in total. The summed E-state index contributed by atoms with van der Waals surface area (Å²) in [5.74, 6) is 1.49. The molecule has 3 rings (SSSR count). The molecule has 158 valence electrons. The van der Waals surface area contributed by atoms with Gasteiger partial charge in [-0.3, -0.25) is 9.47 Å². The smallest absolute Gasteiger partial charge is 0.191 e. The van der Waals surface area contributed by atoms with E-state index in [4.69, 9.17) is 4.74 Å². The Morgan fingerprint density at radius 2 is 2.14 bits per heavy atom. The molecule has 1 aliphatic heterocycles. The fraction of sp³-hybridized carbons (Fsp3) is 0.550. The maximum atomic E-state index is 10.7. The molecule has 1 fully saturated rings. The quantitative estimate of drug-likeness (QED) is 0.435. The molecule has 0 spiro atoms. The maximum Gasteiger partial charge on any atom is 0.191 e. The van der Waals surface area contributed by atoms with Crippen LogP contribution in [0, 0.1) is 0 Å². The minimum Gasteiger partial charge on any atom is -0.387 e. The molecule has 0 saturated carbocycles. The van der Waals surface area contributed by atoms with Crippen molar-refractivity contribution in [3.05, 3.63) is 42.6 Å². The van der Waals surface area contributed by atoms with Gasteiger partial charge >= 0.3 is 0 Å². The molecule has 1 atom stereocenters. The van der Waals surface area contributed by atoms with Gasteiger partial charge in [0, 0.05) is 51.3 Å². The molecule has 0 aliphatic carbocycles. The maximum absolute atomic E-state index is 10.7. The van der Waals surface area contributed by atoms with Crippen LogP contribution in [0.3, 0.4) is 0 Å². The molecule has 2 aromatic heterocycles. The van der Waals surface area contributed by atoms with Crippen molar-refractivity contribution < 1.29 is 9.84 Å². The highest BCUT2D eigenvalue weighted by molar-refractivity contribution is 5.79. The Labute approximate surface area is 171 Å². The largest absolute Gasteiger partial charge is 0.387 e. The summed E-state index contributed by atoms with van der Waals surface area (Å²) in [5, 5.41) is 17.2. The van der Waals surface area contributed by atoms with Crippen molar-refractivity contribution in [1.82, 2.24) is 30.1 Å². The van der Waals surface area contributed by atoms with Gasteiger partial charge in [0.15, 0.2) is 5.96 Å². The second kappa shape index (κ2) is 10.3. The van der Waals surface area contributed by atoms with E-state index in [9.17, 15) is 5.11 Å². The number of aliphatic imine (C=N–C) groups is 1. The van der Waals surface area contributed by atoms with Crippen molar-refractivity contribution in [1.29, 1.82) is 0 Å². The van der Waals surface area contributed by atoms with Gasteiger partial charge in [0.25, 0.3) is 0 Å². The highest BCUT2D eigenvalue weighted by Crippen LogP contribution is 2.08. The molecule has 0 amide bonds. The van der Waals surface area contributed by atoms with Gasteiger partial charge in [-0.2, -0.15) is 0 Å². The number of aromatic nitrogens is 3. The van der Waals surface area contributed by atoms with Gasteiger partial charge < -0.3 is 20.5 Å². The standard InChI is InChI=1S/C20H31N7O2/c1-3-22-19(25-14-20(2,28)15-26-8-10-29-11-9-26)24-13-17-4-5-18(23-12-17)27-7-6-21-16-27/h4-7,12,16,28H,3,8-11,13-15H2,1-2H3,(H2,22,24,25). The van der Waals surface area contributed by atoms with Crippen LogP contribution in [0.2, 0.25) is 0 Å². The lowest BCUT2D eigenvalue weighted by Crippen LogP contribution is -2.52. The Hall–Kier alpha value is -2.49. The Balaban J connectivity index is 1.53. The van der Waals surface area contributed by atoms with Gasteiger partial charge in [0.05, 0.1) is 25.4 Å². The van der Waals surface area contributed by atoms with Crippen molar-refractivity contribution in [3.63, 3.8) is 0 Å². The summed E-state index contributed by atoms with van der Waals surface area (Å²) in [5.41, 5.74) is 0.146. The van der Waals surface area contributed by atoms with E-state index in [1.807, 2.05) is 42.9 Å². The fourth-order valence-corrected chi connectivity index (χ4v) is 3.14. The van der Waals surface area contributed by atoms with Crippen LogP contribution in [0.25, 0.3) is 5.82 Å². The van der Waals surface area contributed by atoms with Crippen LogP contribution in [-0.4, -0.2) is 82.0 Å². The molecular weight excluding hydrogens is 370 g/mol. The van der Waals surface area contributed by atoms with E-state index < -0.39 is 5.60 Å². The molecule has 1 unspecified atom stereocenters.